The summed E-state index contributed by atoms with van der Waals surface area (Å²) >= 11 is 3.41. The predicted octanol–water partition coefficient (Wildman–Crippen LogP) is 2.34. The average molecular weight is 385 g/mol. The molecule has 0 bridgehead atoms. The van der Waals surface area contributed by atoms with E-state index in [-0.39, 0.29) is 5.91 Å². The van der Waals surface area contributed by atoms with Crippen molar-refractivity contribution >= 4 is 27.7 Å². The summed E-state index contributed by atoms with van der Waals surface area (Å²) < 4.78 is 11.5. The van der Waals surface area contributed by atoms with Crippen LogP contribution in [0.5, 0.6) is 11.5 Å². The van der Waals surface area contributed by atoms with E-state index in [0.29, 0.717) is 41.1 Å². The van der Waals surface area contributed by atoms with Crippen LogP contribution in [0.3, 0.4) is 0 Å². The van der Waals surface area contributed by atoms with Gasteiger partial charge in [0.2, 0.25) is 5.91 Å². The van der Waals surface area contributed by atoms with E-state index >= 15 is 0 Å². The van der Waals surface area contributed by atoms with Crippen LogP contribution in [0.15, 0.2) is 16.6 Å². The summed E-state index contributed by atoms with van der Waals surface area (Å²) in [6.07, 6.45) is 2.37. The van der Waals surface area contributed by atoms with Crippen LogP contribution < -0.4 is 15.2 Å². The molecular weight excluding hydrogens is 364 g/mol. The molecule has 23 heavy (non-hydrogen) atoms. The van der Waals surface area contributed by atoms with Crippen molar-refractivity contribution in [2.45, 2.75) is 32.2 Å². The maximum Gasteiger partial charge on any atom is 0.254 e. The lowest BCUT2D eigenvalue weighted by atomic mass is 10.00. The number of hydrogen-bond acceptors (Lipinski definition) is 4. The topological polar surface area (TPSA) is 81.9 Å². The standard InChI is InChI=1S/C16H21BrN2O4/c1-3-23-14-11(17)8-10(9-13(14)22-2)16(21)19-7-5-4-6-12(19)15(18)20/h8-9,12H,3-7H2,1-2H3,(H2,18,20). The predicted molar refractivity (Wildman–Crippen MR) is 89.7 cm³/mol. The number of piperidine rings is 1. The molecule has 1 heterocycles. The van der Waals surface area contributed by atoms with Crippen molar-refractivity contribution in [2.75, 3.05) is 20.3 Å². The molecular formula is C16H21BrN2O4. The Morgan fingerprint density at radius 1 is 1.39 bits per heavy atom. The van der Waals surface area contributed by atoms with Crippen molar-refractivity contribution in [3.05, 3.63) is 22.2 Å². The van der Waals surface area contributed by atoms with Crippen LogP contribution in [0.2, 0.25) is 0 Å². The van der Waals surface area contributed by atoms with E-state index in [2.05, 4.69) is 15.9 Å². The highest BCUT2D eigenvalue weighted by Crippen LogP contribution is 2.37. The monoisotopic (exact) mass is 384 g/mol. The maximum absolute atomic E-state index is 12.8. The summed E-state index contributed by atoms with van der Waals surface area (Å²) in [5.41, 5.74) is 5.87. The van der Waals surface area contributed by atoms with Gasteiger partial charge in [-0.05, 0) is 54.2 Å². The van der Waals surface area contributed by atoms with Gasteiger partial charge in [0.15, 0.2) is 11.5 Å². The van der Waals surface area contributed by atoms with Gasteiger partial charge in [-0.2, -0.15) is 0 Å². The molecule has 0 saturated carbocycles. The van der Waals surface area contributed by atoms with E-state index in [0.717, 1.165) is 12.8 Å². The van der Waals surface area contributed by atoms with E-state index < -0.39 is 11.9 Å². The quantitative estimate of drug-likeness (QED) is 0.844. The first-order chi connectivity index (χ1) is 11.0. The first-order valence-corrected chi connectivity index (χ1v) is 8.39. The Bertz CT molecular complexity index is 606. The number of nitrogens with two attached hydrogens (primary N) is 1. The number of hydrogen-bond donors (Lipinski definition) is 1. The number of benzene rings is 1. The Balaban J connectivity index is 2.35. The van der Waals surface area contributed by atoms with E-state index in [9.17, 15) is 9.59 Å². The lowest BCUT2D eigenvalue weighted by molar-refractivity contribution is -0.123. The number of amides is 2. The number of rotatable bonds is 5. The molecule has 1 aliphatic heterocycles. The molecule has 6 nitrogen and oxygen atoms in total. The van der Waals surface area contributed by atoms with Gasteiger partial charge < -0.3 is 20.1 Å². The number of ether oxygens (including phenoxy) is 2. The number of primary amides is 1. The Morgan fingerprint density at radius 3 is 2.74 bits per heavy atom. The lowest BCUT2D eigenvalue weighted by Crippen LogP contribution is -2.50. The normalized spacial score (nSPS) is 17.7. The fraction of sp³-hybridized carbons (Fsp3) is 0.500. The smallest absolute Gasteiger partial charge is 0.254 e. The van der Waals surface area contributed by atoms with Crippen molar-refractivity contribution in [2.24, 2.45) is 5.73 Å². The molecule has 1 aromatic rings. The van der Waals surface area contributed by atoms with E-state index in [4.69, 9.17) is 15.2 Å². The van der Waals surface area contributed by atoms with Crippen LogP contribution in [0.1, 0.15) is 36.5 Å². The summed E-state index contributed by atoms with van der Waals surface area (Å²) in [6, 6.07) is 2.76. The first-order valence-electron chi connectivity index (χ1n) is 7.60. The third-order valence-corrected chi connectivity index (χ3v) is 4.45. The summed E-state index contributed by atoms with van der Waals surface area (Å²) in [5.74, 6) is 0.333. The van der Waals surface area contributed by atoms with Gasteiger partial charge in [-0.15, -0.1) is 0 Å². The molecule has 2 rings (SSSR count). The number of methoxy groups -OCH3 is 1. The van der Waals surface area contributed by atoms with Gasteiger partial charge in [0.1, 0.15) is 6.04 Å². The Kier molecular flexibility index (Phi) is 5.87. The molecule has 0 spiro atoms. The molecule has 1 unspecified atom stereocenters. The molecule has 7 heteroatoms. The molecule has 1 aromatic carbocycles. The average Bonchev–Trinajstić information content (AvgIpc) is 2.55. The van der Waals surface area contributed by atoms with E-state index in [1.54, 1.807) is 17.0 Å². The Hall–Kier alpha value is -1.76. The third kappa shape index (κ3) is 3.77. The minimum absolute atomic E-state index is 0.226. The van der Waals surface area contributed by atoms with Crippen molar-refractivity contribution in [3.8, 4) is 11.5 Å². The van der Waals surface area contributed by atoms with Gasteiger partial charge in [-0.3, -0.25) is 9.59 Å². The molecule has 126 valence electrons. The SMILES string of the molecule is CCOc1c(Br)cc(C(=O)N2CCCCC2C(N)=O)cc1OC. The second-order valence-electron chi connectivity index (χ2n) is 5.33. The zero-order valence-corrected chi connectivity index (χ0v) is 14.9. The largest absolute Gasteiger partial charge is 0.493 e. The van der Waals surface area contributed by atoms with E-state index in [1.807, 2.05) is 6.92 Å². The van der Waals surface area contributed by atoms with Gasteiger partial charge in [-0.25, -0.2) is 0 Å². The maximum atomic E-state index is 12.8. The van der Waals surface area contributed by atoms with Crippen LogP contribution in [0.25, 0.3) is 0 Å². The van der Waals surface area contributed by atoms with Gasteiger partial charge in [0.05, 0.1) is 18.2 Å². The second kappa shape index (κ2) is 7.68. The van der Waals surface area contributed by atoms with Crippen molar-refractivity contribution in [1.29, 1.82) is 0 Å². The number of nitrogens with zero attached hydrogens (tertiary/aromatic N) is 1. The van der Waals surface area contributed by atoms with Gasteiger partial charge in [0, 0.05) is 12.1 Å². The van der Waals surface area contributed by atoms with Crippen molar-refractivity contribution in [3.63, 3.8) is 0 Å². The Labute approximate surface area is 144 Å². The molecule has 0 radical (unpaired) electrons. The molecule has 2 N–H and O–H groups in total. The molecule has 1 saturated heterocycles. The number of carbonyl (C=O) groups is 2. The van der Waals surface area contributed by atoms with E-state index in [1.165, 1.54) is 7.11 Å². The summed E-state index contributed by atoms with van der Waals surface area (Å²) in [5, 5.41) is 0. The minimum atomic E-state index is -0.549. The first kappa shape index (κ1) is 17.6. The second-order valence-corrected chi connectivity index (χ2v) is 6.19. The van der Waals surface area contributed by atoms with Crippen LogP contribution in [0.4, 0.5) is 0 Å². The fourth-order valence-corrected chi connectivity index (χ4v) is 3.32. The molecule has 2 amide bonds. The lowest BCUT2D eigenvalue weighted by Gasteiger charge is -2.33. The summed E-state index contributed by atoms with van der Waals surface area (Å²) in [6.45, 7) is 2.88. The zero-order chi connectivity index (χ0) is 17.0. The molecule has 1 fully saturated rings. The fourth-order valence-electron chi connectivity index (χ4n) is 2.76. The van der Waals surface area contributed by atoms with Gasteiger partial charge >= 0.3 is 0 Å². The zero-order valence-electron chi connectivity index (χ0n) is 13.3. The number of carbonyl (C=O) groups excluding carboxylic acids is 2. The van der Waals surface area contributed by atoms with Gasteiger partial charge in [0.25, 0.3) is 5.91 Å². The number of likely N-dealkylation sites (tertiary alicyclic amines) is 1. The molecule has 0 aromatic heterocycles. The molecule has 1 atom stereocenters. The van der Waals surface area contributed by atoms with Crippen LogP contribution in [-0.4, -0.2) is 43.0 Å². The highest BCUT2D eigenvalue weighted by atomic mass is 79.9. The highest BCUT2D eigenvalue weighted by molar-refractivity contribution is 9.10. The van der Waals surface area contributed by atoms with Crippen molar-refractivity contribution < 1.29 is 19.1 Å². The van der Waals surface area contributed by atoms with Crippen LogP contribution in [0, 0.1) is 0 Å². The number of halogens is 1. The summed E-state index contributed by atoms with van der Waals surface area (Å²) in [7, 11) is 1.52. The summed E-state index contributed by atoms with van der Waals surface area (Å²) in [4.78, 5) is 26.0. The molecule has 1 aliphatic rings. The van der Waals surface area contributed by atoms with Crippen molar-refractivity contribution in [1.82, 2.24) is 4.90 Å². The molecule has 0 aliphatic carbocycles. The minimum Gasteiger partial charge on any atom is -0.493 e. The third-order valence-electron chi connectivity index (χ3n) is 3.86. The van der Waals surface area contributed by atoms with Crippen LogP contribution >= 0.6 is 15.9 Å². The van der Waals surface area contributed by atoms with Gasteiger partial charge in [-0.1, -0.05) is 0 Å². The van der Waals surface area contributed by atoms with Crippen LogP contribution in [-0.2, 0) is 4.79 Å². The highest BCUT2D eigenvalue weighted by Gasteiger charge is 2.31. The Morgan fingerprint density at radius 2 is 2.13 bits per heavy atom.